The van der Waals surface area contributed by atoms with Crippen molar-refractivity contribution in [2.45, 2.75) is 70.9 Å². The summed E-state index contributed by atoms with van der Waals surface area (Å²) in [6.07, 6.45) is 6.26. The summed E-state index contributed by atoms with van der Waals surface area (Å²) in [5.41, 5.74) is 0. The van der Waals surface area contributed by atoms with Gasteiger partial charge in [0, 0.05) is 32.0 Å². The summed E-state index contributed by atoms with van der Waals surface area (Å²) in [5, 5.41) is 5.96. The third-order valence-corrected chi connectivity index (χ3v) is 5.18. The van der Waals surface area contributed by atoms with Crippen molar-refractivity contribution in [2.24, 2.45) is 11.8 Å². The fraction of sp³-hybridized carbons (Fsp3) is 0.882. The lowest BCUT2D eigenvalue weighted by molar-refractivity contribution is -0.127. The van der Waals surface area contributed by atoms with Gasteiger partial charge in [-0.2, -0.15) is 0 Å². The summed E-state index contributed by atoms with van der Waals surface area (Å²) in [6.45, 7) is 5.82. The van der Waals surface area contributed by atoms with Crippen LogP contribution in [0, 0.1) is 11.8 Å². The maximum absolute atomic E-state index is 12.0. The molecule has 0 aromatic carbocycles. The molecule has 0 spiro atoms. The van der Waals surface area contributed by atoms with E-state index in [4.69, 9.17) is 4.74 Å². The van der Waals surface area contributed by atoms with Crippen molar-refractivity contribution >= 4 is 11.8 Å². The Bertz CT molecular complexity index is 380. The molecule has 1 aliphatic heterocycles. The summed E-state index contributed by atoms with van der Waals surface area (Å²) in [5.74, 6) is 1.12. The molecule has 2 fully saturated rings. The fourth-order valence-corrected chi connectivity index (χ4v) is 3.41. The van der Waals surface area contributed by atoms with Crippen molar-refractivity contribution in [3.05, 3.63) is 0 Å². The quantitative estimate of drug-likeness (QED) is 0.788. The first-order valence-electron chi connectivity index (χ1n) is 8.74. The van der Waals surface area contributed by atoms with Crippen LogP contribution in [0.2, 0.25) is 0 Å². The van der Waals surface area contributed by atoms with Gasteiger partial charge in [0.05, 0.1) is 6.10 Å². The van der Waals surface area contributed by atoms with Gasteiger partial charge in [0.25, 0.3) is 0 Å². The van der Waals surface area contributed by atoms with Gasteiger partial charge in [0.2, 0.25) is 11.8 Å². The minimum absolute atomic E-state index is 0.00165. The molecule has 1 heterocycles. The van der Waals surface area contributed by atoms with Gasteiger partial charge in [-0.3, -0.25) is 9.59 Å². The minimum atomic E-state index is -0.0595. The van der Waals surface area contributed by atoms with Crippen molar-refractivity contribution in [3.63, 3.8) is 0 Å². The predicted octanol–water partition coefficient (Wildman–Crippen LogP) is 2.00. The molecule has 22 heavy (non-hydrogen) atoms. The molecule has 2 aliphatic rings. The van der Waals surface area contributed by atoms with E-state index >= 15 is 0 Å². The molecule has 2 amide bonds. The Balaban J connectivity index is 1.61. The largest absolute Gasteiger partial charge is 0.376 e. The topological polar surface area (TPSA) is 67.4 Å². The molecule has 1 saturated heterocycles. The average molecular weight is 310 g/mol. The summed E-state index contributed by atoms with van der Waals surface area (Å²) in [6, 6.07) is 0.270. The van der Waals surface area contributed by atoms with E-state index in [1.165, 1.54) is 12.8 Å². The lowest BCUT2D eigenvalue weighted by Gasteiger charge is -2.34. The molecule has 2 rings (SSSR count). The van der Waals surface area contributed by atoms with Crippen LogP contribution in [0.5, 0.6) is 0 Å². The Morgan fingerprint density at radius 3 is 2.55 bits per heavy atom. The Labute approximate surface area is 133 Å². The maximum atomic E-state index is 12.0. The molecule has 5 heteroatoms. The smallest absolute Gasteiger partial charge is 0.220 e. The Hall–Kier alpha value is -1.10. The van der Waals surface area contributed by atoms with Crippen molar-refractivity contribution in [1.82, 2.24) is 10.6 Å². The highest BCUT2D eigenvalue weighted by Crippen LogP contribution is 2.29. The lowest BCUT2D eigenvalue weighted by atomic mass is 9.78. The molecule has 0 aromatic heterocycles. The molecule has 0 aromatic rings. The lowest BCUT2D eigenvalue weighted by Crippen LogP contribution is -2.44. The standard InChI is InChI=1S/C17H30N2O3/c1-12-5-3-7-15(13(12)2)19-17(21)9-8-16(20)18-11-14-6-4-10-22-14/h12-15H,3-11H2,1-2H3,(H,18,20)(H,19,21)/t12-,13+,14-,15+/m0/s1. The van der Waals surface area contributed by atoms with E-state index in [9.17, 15) is 9.59 Å². The van der Waals surface area contributed by atoms with Gasteiger partial charge in [0.1, 0.15) is 0 Å². The van der Waals surface area contributed by atoms with Crippen LogP contribution in [0.15, 0.2) is 0 Å². The van der Waals surface area contributed by atoms with Crippen LogP contribution in [0.25, 0.3) is 0 Å². The Morgan fingerprint density at radius 1 is 1.05 bits per heavy atom. The van der Waals surface area contributed by atoms with Gasteiger partial charge in [-0.15, -0.1) is 0 Å². The highest BCUT2D eigenvalue weighted by molar-refractivity contribution is 5.83. The molecule has 126 valence electrons. The molecule has 1 saturated carbocycles. The summed E-state index contributed by atoms with van der Waals surface area (Å²) >= 11 is 0. The van der Waals surface area contributed by atoms with Crippen molar-refractivity contribution in [2.75, 3.05) is 13.2 Å². The van der Waals surface area contributed by atoms with Gasteiger partial charge in [-0.25, -0.2) is 0 Å². The molecule has 5 nitrogen and oxygen atoms in total. The van der Waals surface area contributed by atoms with Crippen LogP contribution >= 0.6 is 0 Å². The second kappa shape index (κ2) is 8.51. The number of nitrogens with one attached hydrogen (secondary N) is 2. The highest BCUT2D eigenvalue weighted by Gasteiger charge is 2.28. The van der Waals surface area contributed by atoms with Crippen LogP contribution in [0.1, 0.15) is 58.8 Å². The number of carbonyl (C=O) groups is 2. The normalized spacial score (nSPS) is 31.7. The monoisotopic (exact) mass is 310 g/mol. The Morgan fingerprint density at radius 2 is 1.82 bits per heavy atom. The maximum Gasteiger partial charge on any atom is 0.220 e. The number of amides is 2. The van der Waals surface area contributed by atoms with E-state index in [-0.39, 0.29) is 36.8 Å². The van der Waals surface area contributed by atoms with E-state index in [0.29, 0.717) is 18.4 Å². The molecule has 2 N–H and O–H groups in total. The SMILES string of the molecule is C[C@@H]1[C@@H](C)CCC[C@H]1NC(=O)CCC(=O)NC[C@@H]1CCCO1. The van der Waals surface area contributed by atoms with Gasteiger partial charge in [-0.05, 0) is 31.1 Å². The molecule has 0 radical (unpaired) electrons. The molecule has 0 unspecified atom stereocenters. The number of ether oxygens (including phenoxy) is 1. The van der Waals surface area contributed by atoms with Gasteiger partial charge in [-0.1, -0.05) is 26.7 Å². The molecule has 1 aliphatic carbocycles. The number of rotatable bonds is 6. The third kappa shape index (κ3) is 5.27. The zero-order valence-corrected chi connectivity index (χ0v) is 13.9. The van der Waals surface area contributed by atoms with Crippen LogP contribution in [-0.2, 0) is 14.3 Å². The molecular weight excluding hydrogens is 280 g/mol. The zero-order chi connectivity index (χ0) is 15.9. The predicted molar refractivity (Wildman–Crippen MR) is 85.3 cm³/mol. The molecular formula is C17H30N2O3. The van der Waals surface area contributed by atoms with E-state index in [1.807, 2.05) is 0 Å². The van der Waals surface area contributed by atoms with Crippen LogP contribution in [0.3, 0.4) is 0 Å². The van der Waals surface area contributed by atoms with Gasteiger partial charge in [0.15, 0.2) is 0 Å². The number of hydrogen-bond donors (Lipinski definition) is 2. The van der Waals surface area contributed by atoms with E-state index in [1.54, 1.807) is 0 Å². The van der Waals surface area contributed by atoms with Crippen LogP contribution < -0.4 is 10.6 Å². The van der Waals surface area contributed by atoms with E-state index in [0.717, 1.165) is 25.9 Å². The Kier molecular flexibility index (Phi) is 6.68. The second-order valence-corrected chi connectivity index (χ2v) is 6.88. The van der Waals surface area contributed by atoms with E-state index < -0.39 is 0 Å². The molecule has 0 bridgehead atoms. The van der Waals surface area contributed by atoms with Crippen molar-refractivity contribution in [1.29, 1.82) is 0 Å². The van der Waals surface area contributed by atoms with E-state index in [2.05, 4.69) is 24.5 Å². The van der Waals surface area contributed by atoms with Crippen LogP contribution in [-0.4, -0.2) is 37.1 Å². The van der Waals surface area contributed by atoms with Gasteiger partial charge >= 0.3 is 0 Å². The first-order chi connectivity index (χ1) is 10.6. The molecule has 4 atom stereocenters. The first kappa shape index (κ1) is 17.3. The minimum Gasteiger partial charge on any atom is -0.376 e. The number of hydrogen-bond acceptors (Lipinski definition) is 3. The van der Waals surface area contributed by atoms with Gasteiger partial charge < -0.3 is 15.4 Å². The number of carbonyl (C=O) groups excluding carboxylic acids is 2. The van der Waals surface area contributed by atoms with Crippen molar-refractivity contribution < 1.29 is 14.3 Å². The fourth-order valence-electron chi connectivity index (χ4n) is 3.41. The van der Waals surface area contributed by atoms with Crippen molar-refractivity contribution in [3.8, 4) is 0 Å². The third-order valence-electron chi connectivity index (χ3n) is 5.18. The summed E-state index contributed by atoms with van der Waals surface area (Å²) in [4.78, 5) is 23.8. The summed E-state index contributed by atoms with van der Waals surface area (Å²) < 4.78 is 5.46. The average Bonchev–Trinajstić information content (AvgIpc) is 3.01. The second-order valence-electron chi connectivity index (χ2n) is 6.88. The summed E-state index contributed by atoms with van der Waals surface area (Å²) in [7, 11) is 0. The zero-order valence-electron chi connectivity index (χ0n) is 13.9. The first-order valence-corrected chi connectivity index (χ1v) is 8.74. The van der Waals surface area contributed by atoms with Crippen LogP contribution in [0.4, 0.5) is 0 Å². The highest BCUT2D eigenvalue weighted by atomic mass is 16.5.